The summed E-state index contributed by atoms with van der Waals surface area (Å²) >= 11 is 3.40. The first-order chi connectivity index (χ1) is 9.40. The molecule has 1 saturated heterocycles. The van der Waals surface area contributed by atoms with Crippen LogP contribution in [0.5, 0.6) is 0 Å². The lowest BCUT2D eigenvalue weighted by Crippen LogP contribution is -2.38. The summed E-state index contributed by atoms with van der Waals surface area (Å²) in [6, 6.07) is 5.26. The SMILES string of the molecule is CCN1CCC(Nc2ccc(S(N)(=O)=O)cc2Br)CC1. The minimum atomic E-state index is -3.65. The molecule has 7 heteroatoms. The number of likely N-dealkylation sites (tertiary alicyclic amines) is 1. The zero-order chi connectivity index (χ0) is 14.8. The van der Waals surface area contributed by atoms with Gasteiger partial charge in [0.15, 0.2) is 0 Å². The van der Waals surface area contributed by atoms with E-state index in [-0.39, 0.29) is 4.90 Å². The number of nitrogens with zero attached hydrogens (tertiary/aromatic N) is 1. The van der Waals surface area contributed by atoms with Gasteiger partial charge in [0.1, 0.15) is 0 Å². The Bertz CT molecular complexity index is 569. The number of benzene rings is 1. The van der Waals surface area contributed by atoms with Gasteiger partial charge in [-0.1, -0.05) is 6.92 Å². The van der Waals surface area contributed by atoms with Gasteiger partial charge in [0.25, 0.3) is 0 Å². The molecule has 0 bridgehead atoms. The molecule has 1 aromatic rings. The molecule has 20 heavy (non-hydrogen) atoms. The van der Waals surface area contributed by atoms with E-state index in [4.69, 9.17) is 5.14 Å². The minimum Gasteiger partial charge on any atom is -0.381 e. The Morgan fingerprint density at radius 2 is 2.05 bits per heavy atom. The van der Waals surface area contributed by atoms with Crippen LogP contribution in [0.4, 0.5) is 5.69 Å². The van der Waals surface area contributed by atoms with E-state index >= 15 is 0 Å². The third kappa shape index (κ3) is 3.94. The van der Waals surface area contributed by atoms with Crippen LogP contribution in [0.25, 0.3) is 0 Å². The maximum atomic E-state index is 11.3. The summed E-state index contributed by atoms with van der Waals surface area (Å²) in [5.74, 6) is 0. The highest BCUT2D eigenvalue weighted by atomic mass is 79.9. The van der Waals surface area contributed by atoms with E-state index in [0.717, 1.165) is 42.6 Å². The maximum absolute atomic E-state index is 11.3. The van der Waals surface area contributed by atoms with Gasteiger partial charge >= 0.3 is 0 Å². The molecule has 0 aliphatic carbocycles. The molecule has 0 spiro atoms. The second kappa shape index (κ2) is 6.43. The Hall–Kier alpha value is -0.630. The number of sulfonamides is 1. The van der Waals surface area contributed by atoms with Crippen molar-refractivity contribution in [3.63, 3.8) is 0 Å². The lowest BCUT2D eigenvalue weighted by molar-refractivity contribution is 0.229. The summed E-state index contributed by atoms with van der Waals surface area (Å²) in [6.07, 6.45) is 2.19. The highest BCUT2D eigenvalue weighted by Gasteiger charge is 2.19. The molecule has 1 aromatic carbocycles. The van der Waals surface area contributed by atoms with Crippen molar-refractivity contribution in [2.45, 2.75) is 30.7 Å². The molecule has 0 aromatic heterocycles. The second-order valence-corrected chi connectivity index (χ2v) is 7.46. The molecule has 112 valence electrons. The number of primary sulfonamides is 1. The van der Waals surface area contributed by atoms with Gasteiger partial charge in [-0.05, 0) is 53.5 Å². The van der Waals surface area contributed by atoms with Crippen LogP contribution >= 0.6 is 15.9 Å². The van der Waals surface area contributed by atoms with E-state index in [1.165, 1.54) is 6.07 Å². The van der Waals surface area contributed by atoms with Crippen LogP contribution in [-0.4, -0.2) is 39.0 Å². The summed E-state index contributed by atoms with van der Waals surface area (Å²) in [7, 11) is -3.65. The molecular weight excluding hydrogens is 342 g/mol. The largest absolute Gasteiger partial charge is 0.381 e. The smallest absolute Gasteiger partial charge is 0.238 e. The summed E-state index contributed by atoms with van der Waals surface area (Å²) in [4.78, 5) is 2.55. The number of halogens is 1. The van der Waals surface area contributed by atoms with Gasteiger partial charge in [-0.3, -0.25) is 0 Å². The molecular formula is C13H20BrN3O2S. The van der Waals surface area contributed by atoms with E-state index in [0.29, 0.717) is 6.04 Å². The van der Waals surface area contributed by atoms with Crippen molar-refractivity contribution < 1.29 is 8.42 Å². The van der Waals surface area contributed by atoms with Gasteiger partial charge in [-0.25, -0.2) is 13.6 Å². The highest BCUT2D eigenvalue weighted by molar-refractivity contribution is 9.10. The van der Waals surface area contributed by atoms with Crippen LogP contribution in [0.3, 0.4) is 0 Å². The Kier molecular flexibility index (Phi) is 5.06. The Labute approximate surface area is 128 Å². The monoisotopic (exact) mass is 361 g/mol. The number of piperidine rings is 1. The van der Waals surface area contributed by atoms with Crippen LogP contribution in [0, 0.1) is 0 Å². The molecule has 2 rings (SSSR count). The first-order valence-corrected chi connectivity index (χ1v) is 9.05. The van der Waals surface area contributed by atoms with Crippen molar-refractivity contribution in [3.8, 4) is 0 Å². The number of nitrogens with one attached hydrogen (secondary N) is 1. The number of nitrogens with two attached hydrogens (primary N) is 1. The van der Waals surface area contributed by atoms with Crippen molar-refractivity contribution in [3.05, 3.63) is 22.7 Å². The van der Waals surface area contributed by atoms with Crippen LogP contribution in [0.2, 0.25) is 0 Å². The molecule has 1 aliphatic rings. The zero-order valence-electron chi connectivity index (χ0n) is 11.5. The minimum absolute atomic E-state index is 0.121. The van der Waals surface area contributed by atoms with Gasteiger partial charge in [0, 0.05) is 29.3 Å². The fraction of sp³-hybridized carbons (Fsp3) is 0.538. The summed E-state index contributed by atoms with van der Waals surface area (Å²) in [5.41, 5.74) is 0.910. The quantitative estimate of drug-likeness (QED) is 0.859. The van der Waals surface area contributed by atoms with Gasteiger partial charge in [-0.15, -0.1) is 0 Å². The molecule has 1 fully saturated rings. The molecule has 0 amide bonds. The standard InChI is InChI=1S/C13H20BrN3O2S/c1-2-17-7-5-10(6-8-17)16-13-4-3-11(9-12(13)14)20(15,18)19/h3-4,9-10,16H,2,5-8H2,1H3,(H2,15,18,19). The summed E-state index contributed by atoms with van der Waals surface area (Å²) in [5, 5.41) is 8.58. The zero-order valence-corrected chi connectivity index (χ0v) is 13.9. The van der Waals surface area contributed by atoms with Crippen LogP contribution in [0.1, 0.15) is 19.8 Å². The average molecular weight is 362 g/mol. The Morgan fingerprint density at radius 1 is 1.40 bits per heavy atom. The molecule has 1 aliphatic heterocycles. The highest BCUT2D eigenvalue weighted by Crippen LogP contribution is 2.27. The normalized spacial score (nSPS) is 18.1. The lowest BCUT2D eigenvalue weighted by atomic mass is 10.0. The van der Waals surface area contributed by atoms with Crippen LogP contribution < -0.4 is 10.5 Å². The van der Waals surface area contributed by atoms with Crippen LogP contribution in [-0.2, 0) is 10.0 Å². The topological polar surface area (TPSA) is 75.4 Å². The van der Waals surface area contributed by atoms with Crippen molar-refractivity contribution in [2.75, 3.05) is 25.0 Å². The number of rotatable bonds is 4. The summed E-state index contributed by atoms with van der Waals surface area (Å²) in [6.45, 7) is 5.47. The summed E-state index contributed by atoms with van der Waals surface area (Å²) < 4.78 is 23.3. The third-order valence-corrected chi connectivity index (χ3v) is 5.23. The molecule has 1 heterocycles. The van der Waals surface area contributed by atoms with Gasteiger partial charge < -0.3 is 10.2 Å². The van der Waals surface area contributed by atoms with E-state index in [1.54, 1.807) is 12.1 Å². The Morgan fingerprint density at radius 3 is 2.55 bits per heavy atom. The van der Waals surface area contributed by atoms with Gasteiger partial charge in [-0.2, -0.15) is 0 Å². The molecule has 5 nitrogen and oxygen atoms in total. The molecule has 3 N–H and O–H groups in total. The maximum Gasteiger partial charge on any atom is 0.238 e. The predicted molar refractivity (Wildman–Crippen MR) is 84.3 cm³/mol. The molecule has 0 atom stereocenters. The van der Waals surface area contributed by atoms with Crippen molar-refractivity contribution in [2.24, 2.45) is 5.14 Å². The number of hydrogen-bond donors (Lipinski definition) is 2. The first-order valence-electron chi connectivity index (χ1n) is 6.71. The second-order valence-electron chi connectivity index (χ2n) is 5.04. The number of hydrogen-bond acceptors (Lipinski definition) is 4. The van der Waals surface area contributed by atoms with Gasteiger partial charge in [0.2, 0.25) is 10.0 Å². The van der Waals surface area contributed by atoms with Crippen molar-refractivity contribution in [1.29, 1.82) is 0 Å². The van der Waals surface area contributed by atoms with Gasteiger partial charge in [0.05, 0.1) is 4.90 Å². The van der Waals surface area contributed by atoms with Crippen molar-refractivity contribution >= 4 is 31.6 Å². The van der Waals surface area contributed by atoms with E-state index in [9.17, 15) is 8.42 Å². The number of anilines is 1. The van der Waals surface area contributed by atoms with E-state index < -0.39 is 10.0 Å². The predicted octanol–water partition coefficient (Wildman–Crippen LogP) is 1.99. The fourth-order valence-electron chi connectivity index (χ4n) is 2.40. The molecule has 0 unspecified atom stereocenters. The molecule has 0 saturated carbocycles. The Balaban J connectivity index is 2.04. The third-order valence-electron chi connectivity index (χ3n) is 3.66. The van der Waals surface area contributed by atoms with Crippen molar-refractivity contribution in [1.82, 2.24) is 4.90 Å². The average Bonchev–Trinajstić information content (AvgIpc) is 2.41. The van der Waals surface area contributed by atoms with E-state index in [2.05, 4.69) is 33.1 Å². The molecule has 0 radical (unpaired) electrons. The van der Waals surface area contributed by atoms with E-state index in [1.807, 2.05) is 0 Å². The van der Waals surface area contributed by atoms with Crippen LogP contribution in [0.15, 0.2) is 27.6 Å². The lowest BCUT2D eigenvalue weighted by Gasteiger charge is -2.32. The first kappa shape index (κ1) is 15.8. The fourth-order valence-corrected chi connectivity index (χ4v) is 3.59.